The summed E-state index contributed by atoms with van der Waals surface area (Å²) in [6.45, 7) is 1.43. The van der Waals surface area contributed by atoms with Crippen molar-refractivity contribution in [1.82, 2.24) is 9.62 Å². The van der Waals surface area contributed by atoms with E-state index >= 15 is 0 Å². The number of fused-ring (bicyclic) bond motifs is 3. The van der Waals surface area contributed by atoms with Gasteiger partial charge in [-0.1, -0.05) is 0 Å². The van der Waals surface area contributed by atoms with Crippen molar-refractivity contribution in [2.24, 2.45) is 16.8 Å². The second-order valence-corrected chi connectivity index (χ2v) is 13.3. The number of aliphatic imine (C=N–C) groups is 1. The predicted molar refractivity (Wildman–Crippen MR) is 159 cm³/mol. The Morgan fingerprint density at radius 1 is 0.854 bits per heavy atom. The highest BCUT2D eigenvalue weighted by Crippen LogP contribution is 2.44. The topological polar surface area (TPSA) is 98.7 Å². The second kappa shape index (κ2) is 12.5. The van der Waals surface area contributed by atoms with Gasteiger partial charge in [-0.05, 0) is 85.8 Å². The molecule has 1 aliphatic heterocycles. The highest BCUT2D eigenvalue weighted by atomic mass is 32.2. The molecular formula is C31H43N3O6S. The zero-order chi connectivity index (χ0) is 29.1. The van der Waals surface area contributed by atoms with Crippen molar-refractivity contribution in [1.29, 1.82) is 0 Å². The van der Waals surface area contributed by atoms with Crippen LogP contribution in [0.5, 0.6) is 23.0 Å². The molecule has 10 heteroatoms. The quantitative estimate of drug-likeness (QED) is 0.434. The lowest BCUT2D eigenvalue weighted by Gasteiger charge is -2.32. The molecule has 2 atom stereocenters. The highest BCUT2D eigenvalue weighted by molar-refractivity contribution is 7.89. The van der Waals surface area contributed by atoms with Gasteiger partial charge in [0.15, 0.2) is 23.0 Å². The van der Waals surface area contributed by atoms with Crippen LogP contribution in [0.4, 0.5) is 0 Å². The lowest BCUT2D eigenvalue weighted by molar-refractivity contribution is 0.242. The van der Waals surface area contributed by atoms with Crippen molar-refractivity contribution in [3.63, 3.8) is 0 Å². The molecule has 1 heterocycles. The van der Waals surface area contributed by atoms with Crippen molar-refractivity contribution in [2.45, 2.75) is 61.8 Å². The molecule has 1 fully saturated rings. The van der Waals surface area contributed by atoms with Crippen molar-refractivity contribution in [3.05, 3.63) is 41.5 Å². The molecule has 0 saturated heterocycles. The highest BCUT2D eigenvalue weighted by Gasteiger charge is 2.37. The fourth-order valence-electron chi connectivity index (χ4n) is 6.71. The number of methoxy groups -OCH3 is 4. The Morgan fingerprint density at radius 2 is 1.49 bits per heavy atom. The number of nitrogens with one attached hydrogen (secondary N) is 1. The summed E-state index contributed by atoms with van der Waals surface area (Å²) in [6, 6.07) is 9.28. The lowest BCUT2D eigenvalue weighted by atomic mass is 9.79. The number of ether oxygens (including phenoxy) is 4. The van der Waals surface area contributed by atoms with Gasteiger partial charge in [-0.25, -0.2) is 13.1 Å². The van der Waals surface area contributed by atoms with Crippen LogP contribution in [-0.2, 0) is 16.4 Å². The number of amidine groups is 1. The molecule has 0 spiro atoms. The van der Waals surface area contributed by atoms with E-state index in [1.165, 1.54) is 37.2 Å². The molecule has 2 aromatic carbocycles. The molecule has 3 aliphatic rings. The number of rotatable bonds is 10. The van der Waals surface area contributed by atoms with E-state index in [0.29, 0.717) is 41.8 Å². The standard InChI is InChI=1S/C31H43N3O6S/c1-34(31-17-25-24-16-30(40-5)28(38-3)14-22(24)10-12-26(25)33-31)19-21-8-6-20(7-9-21)18-32-41(35,36)23-11-13-27(37-2)29(15-23)39-4/h11,13-16,20-21,25-26,32H,6-10,12,17-19H2,1-5H3/t20?,21?,25-,26+/m0/s1. The largest absolute Gasteiger partial charge is 0.493 e. The van der Waals surface area contributed by atoms with Gasteiger partial charge in [0.25, 0.3) is 0 Å². The third kappa shape index (κ3) is 6.28. The van der Waals surface area contributed by atoms with Gasteiger partial charge < -0.3 is 23.8 Å². The summed E-state index contributed by atoms with van der Waals surface area (Å²) in [6.07, 6.45) is 7.24. The number of benzene rings is 2. The maximum atomic E-state index is 12.9. The summed E-state index contributed by atoms with van der Waals surface area (Å²) in [7, 11) is 4.96. The lowest BCUT2D eigenvalue weighted by Crippen LogP contribution is -2.35. The number of hydrogen-bond donors (Lipinski definition) is 1. The molecule has 1 saturated carbocycles. The third-order valence-electron chi connectivity index (χ3n) is 9.10. The first kappa shape index (κ1) is 29.5. The number of nitrogens with zero attached hydrogens (tertiary/aromatic N) is 2. The molecule has 224 valence electrons. The van der Waals surface area contributed by atoms with Crippen LogP contribution in [0.25, 0.3) is 0 Å². The van der Waals surface area contributed by atoms with Gasteiger partial charge in [-0.15, -0.1) is 0 Å². The molecule has 2 aromatic rings. The van der Waals surface area contributed by atoms with Crippen LogP contribution in [0.1, 0.15) is 55.6 Å². The molecule has 1 N–H and O–H groups in total. The van der Waals surface area contributed by atoms with E-state index < -0.39 is 10.0 Å². The zero-order valence-electron chi connectivity index (χ0n) is 24.8. The van der Waals surface area contributed by atoms with Gasteiger partial charge in [0.05, 0.1) is 45.2 Å². The summed E-state index contributed by atoms with van der Waals surface area (Å²) in [4.78, 5) is 7.72. The van der Waals surface area contributed by atoms with E-state index in [9.17, 15) is 8.42 Å². The van der Waals surface area contributed by atoms with Gasteiger partial charge in [0.1, 0.15) is 0 Å². The van der Waals surface area contributed by atoms with Crippen LogP contribution in [-0.4, -0.2) is 73.8 Å². The summed E-state index contributed by atoms with van der Waals surface area (Å²) >= 11 is 0. The number of aryl methyl sites for hydroxylation is 1. The molecule has 41 heavy (non-hydrogen) atoms. The normalized spacial score (nSPS) is 23.7. The minimum atomic E-state index is -3.63. The molecular weight excluding hydrogens is 542 g/mol. The first-order chi connectivity index (χ1) is 19.8. The van der Waals surface area contributed by atoms with E-state index in [1.807, 2.05) is 0 Å². The Hall–Kier alpha value is -2.98. The van der Waals surface area contributed by atoms with Crippen molar-refractivity contribution in [2.75, 3.05) is 48.6 Å². The second-order valence-electron chi connectivity index (χ2n) is 11.5. The van der Waals surface area contributed by atoms with E-state index in [1.54, 1.807) is 26.4 Å². The van der Waals surface area contributed by atoms with Gasteiger partial charge in [0, 0.05) is 38.5 Å². The van der Waals surface area contributed by atoms with E-state index in [2.05, 4.69) is 28.8 Å². The van der Waals surface area contributed by atoms with Gasteiger partial charge in [-0.3, -0.25) is 4.99 Å². The summed E-state index contributed by atoms with van der Waals surface area (Å²) in [5.74, 6) is 5.00. The summed E-state index contributed by atoms with van der Waals surface area (Å²) in [5.41, 5.74) is 2.70. The maximum Gasteiger partial charge on any atom is 0.240 e. The Labute approximate surface area is 244 Å². The third-order valence-corrected chi connectivity index (χ3v) is 10.5. The molecule has 5 rings (SSSR count). The monoisotopic (exact) mass is 585 g/mol. The maximum absolute atomic E-state index is 12.9. The summed E-state index contributed by atoms with van der Waals surface area (Å²) in [5, 5.41) is 0. The molecule has 0 unspecified atom stereocenters. The molecule has 0 bridgehead atoms. The van der Waals surface area contributed by atoms with E-state index in [-0.39, 0.29) is 4.90 Å². The van der Waals surface area contributed by atoms with Crippen LogP contribution in [0, 0.1) is 11.8 Å². The predicted octanol–water partition coefficient (Wildman–Crippen LogP) is 4.64. The van der Waals surface area contributed by atoms with Gasteiger partial charge in [0.2, 0.25) is 10.0 Å². The smallest absolute Gasteiger partial charge is 0.240 e. The van der Waals surface area contributed by atoms with Crippen molar-refractivity contribution in [3.8, 4) is 23.0 Å². The molecule has 0 amide bonds. The van der Waals surface area contributed by atoms with Crippen LogP contribution in [0.3, 0.4) is 0 Å². The Morgan fingerprint density at radius 3 is 2.17 bits per heavy atom. The van der Waals surface area contributed by atoms with E-state index in [4.69, 9.17) is 23.9 Å². The fourth-order valence-corrected chi connectivity index (χ4v) is 7.84. The molecule has 2 aliphatic carbocycles. The molecule has 0 aromatic heterocycles. The zero-order valence-corrected chi connectivity index (χ0v) is 25.6. The Kier molecular flexibility index (Phi) is 8.99. The fraction of sp³-hybridized carbons (Fsp3) is 0.581. The number of hydrogen-bond acceptors (Lipinski definition) is 8. The van der Waals surface area contributed by atoms with E-state index in [0.717, 1.165) is 63.0 Å². The minimum absolute atomic E-state index is 0.184. The van der Waals surface area contributed by atoms with Gasteiger partial charge in [-0.2, -0.15) is 0 Å². The summed E-state index contributed by atoms with van der Waals surface area (Å²) < 4.78 is 50.2. The Bertz CT molecular complexity index is 1370. The average molecular weight is 586 g/mol. The van der Waals surface area contributed by atoms with Crippen LogP contribution in [0.2, 0.25) is 0 Å². The Balaban J connectivity index is 1.12. The van der Waals surface area contributed by atoms with Gasteiger partial charge >= 0.3 is 0 Å². The van der Waals surface area contributed by atoms with Crippen LogP contribution in [0.15, 0.2) is 40.2 Å². The van der Waals surface area contributed by atoms with Crippen molar-refractivity contribution >= 4 is 15.9 Å². The number of sulfonamides is 1. The van der Waals surface area contributed by atoms with Crippen molar-refractivity contribution < 1.29 is 27.4 Å². The average Bonchev–Trinajstić information content (AvgIpc) is 3.45. The van der Waals surface area contributed by atoms with Crippen LogP contribution < -0.4 is 23.7 Å². The molecule has 9 nitrogen and oxygen atoms in total. The molecule has 0 radical (unpaired) electrons. The van der Waals surface area contributed by atoms with Crippen LogP contribution >= 0.6 is 0 Å². The first-order valence-corrected chi connectivity index (χ1v) is 16.0. The minimum Gasteiger partial charge on any atom is -0.493 e. The first-order valence-electron chi connectivity index (χ1n) is 14.5. The SMILES string of the molecule is COc1ccc(S(=O)(=O)NCC2CCC(CN(C)C3=N[C@@H]4CCc5cc(OC)c(OC)cc5[C@@H]4C3)CC2)cc1OC.